The normalized spacial score (nSPS) is 10.8. The monoisotopic (exact) mass is 278 g/mol. The first-order valence-electron chi connectivity index (χ1n) is 7.04. The van der Waals surface area contributed by atoms with Gasteiger partial charge in [0.25, 0.3) is 0 Å². The van der Waals surface area contributed by atoms with Crippen molar-refractivity contribution in [3.63, 3.8) is 0 Å². The molecule has 3 rings (SSSR count). The Morgan fingerprint density at radius 2 is 1.81 bits per heavy atom. The molecule has 2 aromatic carbocycles. The van der Waals surface area contributed by atoms with Crippen LogP contribution in [0.5, 0.6) is 0 Å². The molecule has 106 valence electrons. The van der Waals surface area contributed by atoms with Crippen molar-refractivity contribution < 1.29 is 4.79 Å². The lowest BCUT2D eigenvalue weighted by molar-refractivity contribution is -0.115. The van der Waals surface area contributed by atoms with E-state index in [1.54, 1.807) is 0 Å². The zero-order chi connectivity index (χ0) is 14.8. The summed E-state index contributed by atoms with van der Waals surface area (Å²) in [7, 11) is 0. The highest BCUT2D eigenvalue weighted by Gasteiger charge is 2.06. The topological polar surface area (TPSA) is 44.9 Å². The van der Waals surface area contributed by atoms with Crippen LogP contribution in [0.2, 0.25) is 0 Å². The predicted octanol–water partition coefficient (Wildman–Crippen LogP) is 3.97. The lowest BCUT2D eigenvalue weighted by atomic mass is 10.1. The minimum absolute atomic E-state index is 0.00547. The maximum Gasteiger partial charge on any atom is 0.228 e. The number of H-pyrrole nitrogens is 1. The van der Waals surface area contributed by atoms with Gasteiger partial charge in [-0.1, -0.05) is 18.2 Å². The largest absolute Gasteiger partial charge is 0.361 e. The third-order valence-corrected chi connectivity index (χ3v) is 3.49. The van der Waals surface area contributed by atoms with Crippen LogP contribution in [0.1, 0.15) is 16.7 Å². The zero-order valence-electron chi connectivity index (χ0n) is 12.2. The average Bonchev–Trinajstić information content (AvgIpc) is 2.84. The van der Waals surface area contributed by atoms with Gasteiger partial charge in [0.05, 0.1) is 6.42 Å². The van der Waals surface area contributed by atoms with E-state index in [4.69, 9.17) is 0 Å². The molecule has 21 heavy (non-hydrogen) atoms. The Morgan fingerprint density at radius 3 is 2.57 bits per heavy atom. The van der Waals surface area contributed by atoms with Crippen molar-refractivity contribution in [1.82, 2.24) is 4.98 Å². The fourth-order valence-electron chi connectivity index (χ4n) is 2.64. The molecule has 0 bridgehead atoms. The number of aryl methyl sites for hydroxylation is 2. The van der Waals surface area contributed by atoms with Gasteiger partial charge in [-0.25, -0.2) is 0 Å². The van der Waals surface area contributed by atoms with Gasteiger partial charge < -0.3 is 10.3 Å². The first-order valence-corrected chi connectivity index (χ1v) is 7.04. The molecular weight excluding hydrogens is 260 g/mol. The first-order chi connectivity index (χ1) is 10.1. The van der Waals surface area contributed by atoms with Crippen LogP contribution in [-0.2, 0) is 11.2 Å². The van der Waals surface area contributed by atoms with Gasteiger partial charge in [-0.3, -0.25) is 4.79 Å². The number of benzene rings is 2. The van der Waals surface area contributed by atoms with Crippen molar-refractivity contribution in [3.8, 4) is 0 Å². The maximum atomic E-state index is 12.2. The van der Waals surface area contributed by atoms with E-state index in [0.717, 1.165) is 33.3 Å². The molecule has 3 aromatic rings. The Kier molecular flexibility index (Phi) is 3.48. The van der Waals surface area contributed by atoms with Gasteiger partial charge in [0.2, 0.25) is 5.91 Å². The van der Waals surface area contributed by atoms with E-state index >= 15 is 0 Å². The fraction of sp³-hybridized carbons (Fsp3) is 0.167. The molecule has 0 aliphatic rings. The number of aromatic nitrogens is 1. The van der Waals surface area contributed by atoms with E-state index in [1.165, 1.54) is 0 Å². The molecule has 0 aliphatic heterocycles. The molecule has 0 saturated carbocycles. The number of fused-ring (bicyclic) bond motifs is 1. The molecule has 0 spiro atoms. The minimum Gasteiger partial charge on any atom is -0.361 e. The molecule has 3 nitrogen and oxygen atoms in total. The zero-order valence-corrected chi connectivity index (χ0v) is 12.2. The summed E-state index contributed by atoms with van der Waals surface area (Å²) < 4.78 is 0. The maximum absolute atomic E-state index is 12.2. The van der Waals surface area contributed by atoms with Gasteiger partial charge >= 0.3 is 0 Å². The number of rotatable bonds is 3. The Morgan fingerprint density at radius 1 is 1.05 bits per heavy atom. The van der Waals surface area contributed by atoms with Crippen LogP contribution in [0.3, 0.4) is 0 Å². The Bertz CT molecular complexity index is 782. The third kappa shape index (κ3) is 3.14. The van der Waals surface area contributed by atoms with Crippen LogP contribution in [-0.4, -0.2) is 10.9 Å². The molecule has 0 fully saturated rings. The lowest BCUT2D eigenvalue weighted by Gasteiger charge is -2.08. The molecule has 1 heterocycles. The van der Waals surface area contributed by atoms with Crippen LogP contribution in [0.15, 0.2) is 48.7 Å². The van der Waals surface area contributed by atoms with Crippen molar-refractivity contribution in [2.45, 2.75) is 20.3 Å². The highest BCUT2D eigenvalue weighted by Crippen LogP contribution is 2.16. The van der Waals surface area contributed by atoms with Crippen molar-refractivity contribution in [1.29, 1.82) is 0 Å². The summed E-state index contributed by atoms with van der Waals surface area (Å²) in [6.07, 6.45) is 2.28. The van der Waals surface area contributed by atoms with E-state index < -0.39 is 0 Å². The van der Waals surface area contributed by atoms with E-state index in [0.29, 0.717) is 6.42 Å². The molecule has 2 N–H and O–H groups in total. The molecule has 0 unspecified atom stereocenters. The van der Waals surface area contributed by atoms with Crippen molar-refractivity contribution >= 4 is 22.5 Å². The van der Waals surface area contributed by atoms with Gasteiger partial charge in [0, 0.05) is 17.4 Å². The van der Waals surface area contributed by atoms with Gasteiger partial charge in [-0.15, -0.1) is 0 Å². The smallest absolute Gasteiger partial charge is 0.228 e. The molecule has 1 amide bonds. The predicted molar refractivity (Wildman–Crippen MR) is 86.5 cm³/mol. The van der Waals surface area contributed by atoms with E-state index in [1.807, 2.05) is 56.4 Å². The van der Waals surface area contributed by atoms with Gasteiger partial charge in [0.1, 0.15) is 0 Å². The number of hydrogen-bond acceptors (Lipinski definition) is 1. The van der Waals surface area contributed by atoms with Crippen LogP contribution in [0.4, 0.5) is 5.69 Å². The summed E-state index contributed by atoms with van der Waals surface area (Å²) in [4.78, 5) is 15.3. The molecule has 3 heteroatoms. The van der Waals surface area contributed by atoms with Crippen LogP contribution in [0.25, 0.3) is 10.9 Å². The van der Waals surface area contributed by atoms with Gasteiger partial charge in [0.15, 0.2) is 0 Å². The summed E-state index contributed by atoms with van der Waals surface area (Å²) in [5.74, 6) is 0.00547. The molecular formula is C18H18N2O. The lowest BCUT2D eigenvalue weighted by Crippen LogP contribution is -2.14. The van der Waals surface area contributed by atoms with Gasteiger partial charge in [-0.2, -0.15) is 0 Å². The summed E-state index contributed by atoms with van der Waals surface area (Å²) in [5, 5.41) is 4.13. The van der Waals surface area contributed by atoms with Crippen molar-refractivity contribution in [2.75, 3.05) is 5.32 Å². The van der Waals surface area contributed by atoms with E-state index in [9.17, 15) is 4.79 Å². The Balaban J connectivity index is 1.73. The first kappa shape index (κ1) is 13.4. The van der Waals surface area contributed by atoms with Crippen molar-refractivity contribution in [2.24, 2.45) is 0 Å². The Labute approximate surface area is 124 Å². The highest BCUT2D eigenvalue weighted by atomic mass is 16.1. The summed E-state index contributed by atoms with van der Waals surface area (Å²) in [6, 6.07) is 14.1. The second-order valence-corrected chi connectivity index (χ2v) is 5.50. The fourth-order valence-corrected chi connectivity index (χ4v) is 2.64. The summed E-state index contributed by atoms with van der Waals surface area (Å²) >= 11 is 0. The number of amides is 1. The SMILES string of the molecule is Cc1cc(C)cc(NC(=O)Cc2ccc3cc[nH]c3c2)c1. The summed E-state index contributed by atoms with van der Waals surface area (Å²) in [6.45, 7) is 4.06. The van der Waals surface area contributed by atoms with E-state index in [2.05, 4.69) is 16.4 Å². The molecule has 0 atom stereocenters. The second kappa shape index (κ2) is 5.44. The van der Waals surface area contributed by atoms with Crippen LogP contribution < -0.4 is 5.32 Å². The standard InChI is InChI=1S/C18H18N2O/c1-12-7-13(2)9-16(8-12)20-18(21)11-14-3-4-15-5-6-19-17(15)10-14/h3-10,19H,11H2,1-2H3,(H,20,21). The molecule has 0 radical (unpaired) electrons. The van der Waals surface area contributed by atoms with Gasteiger partial charge in [-0.05, 0) is 60.2 Å². The molecule has 1 aromatic heterocycles. The number of carbonyl (C=O) groups excluding carboxylic acids is 1. The van der Waals surface area contributed by atoms with Crippen LogP contribution in [0, 0.1) is 13.8 Å². The summed E-state index contributed by atoms with van der Waals surface area (Å²) in [5.41, 5.74) is 5.23. The number of aromatic amines is 1. The minimum atomic E-state index is 0.00547. The average molecular weight is 278 g/mol. The van der Waals surface area contributed by atoms with Crippen molar-refractivity contribution in [3.05, 3.63) is 65.4 Å². The van der Waals surface area contributed by atoms with Crippen LogP contribution >= 0.6 is 0 Å². The Hall–Kier alpha value is -2.55. The van der Waals surface area contributed by atoms with E-state index in [-0.39, 0.29) is 5.91 Å². The number of hydrogen-bond donors (Lipinski definition) is 2. The number of carbonyl (C=O) groups is 1. The highest BCUT2D eigenvalue weighted by molar-refractivity contribution is 5.93. The quantitative estimate of drug-likeness (QED) is 0.748. The molecule has 0 aliphatic carbocycles. The number of nitrogens with one attached hydrogen (secondary N) is 2. The molecule has 0 saturated heterocycles. The third-order valence-electron chi connectivity index (χ3n) is 3.49. The second-order valence-electron chi connectivity index (χ2n) is 5.50. The number of anilines is 1.